The average Bonchev–Trinajstić information content (AvgIpc) is 2.32. The van der Waals surface area contributed by atoms with Crippen molar-refractivity contribution in [2.75, 3.05) is 13.2 Å². The highest BCUT2D eigenvalue weighted by molar-refractivity contribution is 5.75. The molecule has 17 heavy (non-hydrogen) atoms. The van der Waals surface area contributed by atoms with Gasteiger partial charge in [0, 0.05) is 12.7 Å². The normalized spacial score (nSPS) is 10.0. The number of nitrogens with one attached hydrogen (secondary N) is 1. The van der Waals surface area contributed by atoms with Crippen molar-refractivity contribution in [1.82, 2.24) is 9.88 Å². The lowest BCUT2D eigenvalue weighted by molar-refractivity contribution is -0.121. The van der Waals surface area contributed by atoms with Gasteiger partial charge in [-0.2, -0.15) is 0 Å². The molecule has 5 nitrogen and oxygen atoms in total. The number of aromatic nitrogens is 1. The fourth-order valence-electron chi connectivity index (χ4n) is 1.38. The van der Waals surface area contributed by atoms with E-state index in [-0.39, 0.29) is 23.8 Å². The fraction of sp³-hybridized carbons (Fsp3) is 0.500. The molecule has 0 saturated carbocycles. The quantitative estimate of drug-likeness (QED) is 0.796. The minimum absolute atomic E-state index is 0.0275. The summed E-state index contributed by atoms with van der Waals surface area (Å²) in [6, 6.07) is 3.30. The number of carbonyl (C=O) groups excluding carboxylic acids is 1. The van der Waals surface area contributed by atoms with Crippen molar-refractivity contribution in [2.45, 2.75) is 26.8 Å². The Morgan fingerprint density at radius 3 is 2.88 bits per heavy atom. The maximum atomic E-state index is 11.8. The Balaban J connectivity index is 2.74. The predicted octanol–water partition coefficient (Wildman–Crippen LogP) is 0.773. The molecule has 1 aromatic rings. The van der Waals surface area contributed by atoms with Crippen molar-refractivity contribution in [3.8, 4) is 5.75 Å². The minimum atomic E-state index is -0.277. The van der Waals surface area contributed by atoms with E-state index in [0.29, 0.717) is 13.2 Å². The molecule has 1 N–H and O–H groups in total. The van der Waals surface area contributed by atoms with E-state index in [0.717, 1.165) is 6.42 Å². The van der Waals surface area contributed by atoms with Crippen molar-refractivity contribution >= 4 is 5.91 Å². The van der Waals surface area contributed by atoms with E-state index < -0.39 is 0 Å². The van der Waals surface area contributed by atoms with E-state index in [1.807, 2.05) is 13.8 Å². The van der Waals surface area contributed by atoms with Crippen LogP contribution in [0, 0.1) is 0 Å². The standard InChI is InChI=1S/C12H18N2O3/c1-3-7-13-11(15)9-14-8-5-6-10(12(14)16)17-4-2/h5-6,8H,3-4,7,9H2,1-2H3,(H,13,15). The lowest BCUT2D eigenvalue weighted by atomic mass is 10.4. The van der Waals surface area contributed by atoms with E-state index in [9.17, 15) is 9.59 Å². The summed E-state index contributed by atoms with van der Waals surface area (Å²) in [4.78, 5) is 23.3. The molecule has 0 atom stereocenters. The molecule has 0 spiro atoms. The van der Waals surface area contributed by atoms with Crippen molar-refractivity contribution in [2.24, 2.45) is 0 Å². The van der Waals surface area contributed by atoms with Crippen LogP contribution in [-0.4, -0.2) is 23.6 Å². The van der Waals surface area contributed by atoms with Crippen LogP contribution in [0.3, 0.4) is 0 Å². The number of rotatable bonds is 6. The topological polar surface area (TPSA) is 60.3 Å². The molecular formula is C12H18N2O3. The van der Waals surface area contributed by atoms with Gasteiger partial charge in [-0.05, 0) is 25.5 Å². The number of pyridine rings is 1. The van der Waals surface area contributed by atoms with Gasteiger partial charge in [-0.15, -0.1) is 0 Å². The Morgan fingerprint density at radius 2 is 2.24 bits per heavy atom. The highest BCUT2D eigenvalue weighted by atomic mass is 16.5. The lowest BCUT2D eigenvalue weighted by Gasteiger charge is -2.08. The summed E-state index contributed by atoms with van der Waals surface area (Å²) in [5.74, 6) is 0.112. The molecule has 0 aliphatic rings. The first kappa shape index (κ1) is 13.3. The van der Waals surface area contributed by atoms with Gasteiger partial charge in [-0.25, -0.2) is 0 Å². The Hall–Kier alpha value is -1.78. The molecule has 0 unspecified atom stereocenters. The van der Waals surface area contributed by atoms with Gasteiger partial charge in [0.2, 0.25) is 5.91 Å². The minimum Gasteiger partial charge on any atom is -0.488 e. The second kappa shape index (κ2) is 6.73. The second-order valence-corrected chi connectivity index (χ2v) is 3.59. The van der Waals surface area contributed by atoms with E-state index in [1.54, 1.807) is 18.3 Å². The molecule has 0 aliphatic carbocycles. The number of hydrogen-bond donors (Lipinski definition) is 1. The van der Waals surface area contributed by atoms with Gasteiger partial charge in [0.25, 0.3) is 5.56 Å². The van der Waals surface area contributed by atoms with Gasteiger partial charge < -0.3 is 14.6 Å². The third-order valence-corrected chi connectivity index (χ3v) is 2.17. The number of hydrogen-bond acceptors (Lipinski definition) is 3. The summed E-state index contributed by atoms with van der Waals surface area (Å²) in [7, 11) is 0. The van der Waals surface area contributed by atoms with Crippen LogP contribution in [0.2, 0.25) is 0 Å². The smallest absolute Gasteiger partial charge is 0.293 e. The molecule has 1 aromatic heterocycles. The van der Waals surface area contributed by atoms with Gasteiger partial charge in [0.1, 0.15) is 6.54 Å². The summed E-state index contributed by atoms with van der Waals surface area (Å²) in [6.07, 6.45) is 2.45. The summed E-state index contributed by atoms with van der Waals surface area (Å²) >= 11 is 0. The molecule has 1 heterocycles. The van der Waals surface area contributed by atoms with Crippen molar-refractivity contribution in [3.05, 3.63) is 28.7 Å². The van der Waals surface area contributed by atoms with Crippen LogP contribution in [0.1, 0.15) is 20.3 Å². The van der Waals surface area contributed by atoms with Crippen LogP contribution in [-0.2, 0) is 11.3 Å². The summed E-state index contributed by atoms with van der Waals surface area (Å²) in [5, 5.41) is 2.72. The van der Waals surface area contributed by atoms with Gasteiger partial charge in [0.15, 0.2) is 5.75 Å². The van der Waals surface area contributed by atoms with Gasteiger partial charge >= 0.3 is 0 Å². The second-order valence-electron chi connectivity index (χ2n) is 3.59. The molecule has 0 saturated heterocycles. The zero-order chi connectivity index (χ0) is 12.7. The van der Waals surface area contributed by atoms with E-state index in [4.69, 9.17) is 4.74 Å². The fourth-order valence-corrected chi connectivity index (χ4v) is 1.38. The predicted molar refractivity (Wildman–Crippen MR) is 65.2 cm³/mol. The van der Waals surface area contributed by atoms with Gasteiger partial charge in [-0.1, -0.05) is 6.92 Å². The van der Waals surface area contributed by atoms with Crippen molar-refractivity contribution in [1.29, 1.82) is 0 Å². The van der Waals surface area contributed by atoms with E-state index in [2.05, 4.69) is 5.32 Å². The highest BCUT2D eigenvalue weighted by Crippen LogP contribution is 2.01. The van der Waals surface area contributed by atoms with E-state index >= 15 is 0 Å². The average molecular weight is 238 g/mol. The largest absolute Gasteiger partial charge is 0.488 e. The number of carbonyl (C=O) groups is 1. The molecule has 0 aliphatic heterocycles. The molecule has 94 valence electrons. The SMILES string of the molecule is CCCNC(=O)Cn1cccc(OCC)c1=O. The molecule has 1 rings (SSSR count). The van der Waals surface area contributed by atoms with Crippen molar-refractivity contribution < 1.29 is 9.53 Å². The first-order chi connectivity index (χ1) is 8.19. The zero-order valence-electron chi connectivity index (χ0n) is 10.2. The summed E-state index contributed by atoms with van der Waals surface area (Å²) < 4.78 is 6.52. The van der Waals surface area contributed by atoms with Crippen molar-refractivity contribution in [3.63, 3.8) is 0 Å². The van der Waals surface area contributed by atoms with Crippen LogP contribution in [0.5, 0.6) is 5.75 Å². The molecule has 0 bridgehead atoms. The van der Waals surface area contributed by atoms with Crippen LogP contribution in [0.4, 0.5) is 0 Å². The lowest BCUT2D eigenvalue weighted by Crippen LogP contribution is -2.32. The van der Waals surface area contributed by atoms with Gasteiger partial charge in [0.05, 0.1) is 6.61 Å². The number of nitrogens with zero attached hydrogens (tertiary/aromatic N) is 1. The Bertz CT molecular complexity index is 426. The third-order valence-electron chi connectivity index (χ3n) is 2.17. The maximum Gasteiger partial charge on any atom is 0.293 e. The Labute approximate surface area is 100 Å². The first-order valence-electron chi connectivity index (χ1n) is 5.78. The first-order valence-corrected chi connectivity index (χ1v) is 5.78. The Kier molecular flexibility index (Phi) is 5.26. The molecule has 0 aromatic carbocycles. The summed E-state index contributed by atoms with van der Waals surface area (Å²) in [5.41, 5.74) is -0.277. The summed E-state index contributed by atoms with van der Waals surface area (Å²) in [6.45, 7) is 4.87. The number of amides is 1. The maximum absolute atomic E-state index is 11.8. The van der Waals surface area contributed by atoms with Crippen LogP contribution in [0.25, 0.3) is 0 Å². The molecule has 0 radical (unpaired) electrons. The monoisotopic (exact) mass is 238 g/mol. The van der Waals surface area contributed by atoms with Crippen LogP contribution < -0.4 is 15.6 Å². The molecule has 0 fully saturated rings. The zero-order valence-corrected chi connectivity index (χ0v) is 10.2. The molecular weight excluding hydrogens is 220 g/mol. The van der Waals surface area contributed by atoms with Crippen LogP contribution in [0.15, 0.2) is 23.1 Å². The van der Waals surface area contributed by atoms with Gasteiger partial charge in [-0.3, -0.25) is 9.59 Å². The molecule has 5 heteroatoms. The third kappa shape index (κ3) is 3.94. The highest BCUT2D eigenvalue weighted by Gasteiger charge is 2.07. The Morgan fingerprint density at radius 1 is 1.47 bits per heavy atom. The van der Waals surface area contributed by atoms with Crippen LogP contribution >= 0.6 is 0 Å². The van der Waals surface area contributed by atoms with E-state index in [1.165, 1.54) is 4.57 Å². The molecule has 1 amide bonds. The number of ether oxygens (including phenoxy) is 1.